The molecule has 2 N–H and O–H groups in total. The average molecular weight is 305 g/mol. The number of hydrogen-bond acceptors (Lipinski definition) is 3. The van der Waals surface area contributed by atoms with Gasteiger partial charge in [-0.3, -0.25) is 14.4 Å². The number of nitrogens with one attached hydrogen (secondary N) is 2. The van der Waals surface area contributed by atoms with Crippen molar-refractivity contribution in [3.63, 3.8) is 0 Å². The zero-order chi connectivity index (χ0) is 16.5. The number of unbranched alkanes of at least 4 members (excludes halogenated alkanes) is 1. The van der Waals surface area contributed by atoms with Gasteiger partial charge in [0.2, 0.25) is 17.7 Å². The Labute approximate surface area is 130 Å². The molecule has 0 aliphatic carbocycles. The molecule has 0 heterocycles. The zero-order valence-corrected chi connectivity index (χ0v) is 13.3. The van der Waals surface area contributed by atoms with Crippen LogP contribution in [0.1, 0.15) is 33.6 Å². The summed E-state index contributed by atoms with van der Waals surface area (Å²) in [7, 11) is 0. The Bertz CT molecular complexity index is 526. The van der Waals surface area contributed by atoms with Crippen LogP contribution in [-0.2, 0) is 14.4 Å². The SMILES string of the molecule is CCCCNC(=O)CN(C(C)=O)c1ccc(NC(C)=O)cc1. The molecule has 22 heavy (non-hydrogen) atoms. The van der Waals surface area contributed by atoms with Crippen molar-refractivity contribution in [2.45, 2.75) is 33.6 Å². The minimum atomic E-state index is -0.210. The summed E-state index contributed by atoms with van der Waals surface area (Å²) in [5, 5.41) is 5.44. The van der Waals surface area contributed by atoms with E-state index in [0.29, 0.717) is 17.9 Å². The van der Waals surface area contributed by atoms with Gasteiger partial charge in [-0.05, 0) is 30.7 Å². The minimum Gasteiger partial charge on any atom is -0.355 e. The number of nitrogens with zero attached hydrogens (tertiary/aromatic N) is 1. The van der Waals surface area contributed by atoms with Crippen LogP contribution in [0.5, 0.6) is 0 Å². The lowest BCUT2D eigenvalue weighted by Crippen LogP contribution is -2.40. The first-order valence-electron chi connectivity index (χ1n) is 7.36. The molecule has 0 aromatic heterocycles. The van der Waals surface area contributed by atoms with Gasteiger partial charge in [-0.2, -0.15) is 0 Å². The molecule has 0 bridgehead atoms. The molecule has 6 nitrogen and oxygen atoms in total. The second-order valence-corrected chi connectivity index (χ2v) is 5.04. The highest BCUT2D eigenvalue weighted by molar-refractivity contribution is 5.97. The predicted molar refractivity (Wildman–Crippen MR) is 86.7 cm³/mol. The van der Waals surface area contributed by atoms with Crippen molar-refractivity contribution in [3.05, 3.63) is 24.3 Å². The molecule has 0 unspecified atom stereocenters. The Morgan fingerprint density at radius 1 is 1.09 bits per heavy atom. The Balaban J connectivity index is 2.72. The van der Waals surface area contributed by atoms with Gasteiger partial charge in [0, 0.05) is 31.8 Å². The van der Waals surface area contributed by atoms with E-state index in [-0.39, 0.29) is 24.3 Å². The molecule has 0 spiro atoms. The van der Waals surface area contributed by atoms with Gasteiger partial charge in [-0.15, -0.1) is 0 Å². The third kappa shape index (κ3) is 5.95. The number of benzene rings is 1. The lowest BCUT2D eigenvalue weighted by molar-refractivity contribution is -0.123. The molecule has 0 aliphatic rings. The largest absolute Gasteiger partial charge is 0.355 e. The topological polar surface area (TPSA) is 78.5 Å². The summed E-state index contributed by atoms with van der Waals surface area (Å²) in [6.45, 7) is 5.49. The van der Waals surface area contributed by atoms with Crippen LogP contribution in [0.4, 0.5) is 11.4 Å². The second-order valence-electron chi connectivity index (χ2n) is 5.04. The quantitative estimate of drug-likeness (QED) is 0.755. The van der Waals surface area contributed by atoms with Crippen molar-refractivity contribution in [3.8, 4) is 0 Å². The number of hydrogen-bond donors (Lipinski definition) is 2. The molecule has 1 aromatic carbocycles. The summed E-state index contributed by atoms with van der Waals surface area (Å²) in [5.74, 6) is -0.556. The molecule has 0 fully saturated rings. The Morgan fingerprint density at radius 3 is 2.23 bits per heavy atom. The summed E-state index contributed by atoms with van der Waals surface area (Å²) in [5.41, 5.74) is 1.26. The molecular formula is C16H23N3O3. The number of amides is 3. The molecule has 0 saturated carbocycles. The van der Waals surface area contributed by atoms with Gasteiger partial charge in [-0.25, -0.2) is 0 Å². The van der Waals surface area contributed by atoms with Crippen molar-refractivity contribution in [2.24, 2.45) is 0 Å². The Hall–Kier alpha value is -2.37. The molecule has 0 aliphatic heterocycles. The van der Waals surface area contributed by atoms with E-state index < -0.39 is 0 Å². The standard InChI is InChI=1S/C16H23N3O3/c1-4-5-10-17-16(22)11-19(13(3)21)15-8-6-14(7-9-15)18-12(2)20/h6-9H,4-5,10-11H2,1-3H3,(H,17,22)(H,18,20). The maximum Gasteiger partial charge on any atom is 0.240 e. The summed E-state index contributed by atoms with van der Waals surface area (Å²) in [6, 6.07) is 6.79. The van der Waals surface area contributed by atoms with E-state index in [2.05, 4.69) is 10.6 Å². The summed E-state index contributed by atoms with van der Waals surface area (Å²) < 4.78 is 0. The van der Waals surface area contributed by atoms with Gasteiger partial charge in [0.1, 0.15) is 6.54 Å². The van der Waals surface area contributed by atoms with Crippen molar-refractivity contribution in [1.82, 2.24) is 5.32 Å². The molecular weight excluding hydrogens is 282 g/mol. The Morgan fingerprint density at radius 2 is 1.73 bits per heavy atom. The van der Waals surface area contributed by atoms with E-state index in [9.17, 15) is 14.4 Å². The van der Waals surface area contributed by atoms with Gasteiger partial charge in [0.25, 0.3) is 0 Å². The van der Waals surface area contributed by atoms with E-state index in [1.54, 1.807) is 24.3 Å². The van der Waals surface area contributed by atoms with Gasteiger partial charge >= 0.3 is 0 Å². The van der Waals surface area contributed by atoms with E-state index in [4.69, 9.17) is 0 Å². The van der Waals surface area contributed by atoms with Gasteiger partial charge in [0.15, 0.2) is 0 Å². The molecule has 0 saturated heterocycles. The maximum atomic E-state index is 11.9. The number of carbonyl (C=O) groups excluding carboxylic acids is 3. The summed E-state index contributed by atoms with van der Waals surface area (Å²) in [6.07, 6.45) is 1.92. The Kier molecular flexibility index (Phi) is 7.08. The lowest BCUT2D eigenvalue weighted by atomic mass is 10.2. The summed E-state index contributed by atoms with van der Waals surface area (Å²) >= 11 is 0. The molecule has 6 heteroatoms. The van der Waals surface area contributed by atoms with Crippen LogP contribution in [-0.4, -0.2) is 30.8 Å². The number of rotatable bonds is 7. The molecule has 0 atom stereocenters. The minimum absolute atomic E-state index is 0.0153. The first-order valence-corrected chi connectivity index (χ1v) is 7.36. The first kappa shape index (κ1) is 17.7. The smallest absolute Gasteiger partial charge is 0.240 e. The van der Waals surface area contributed by atoms with E-state index in [1.165, 1.54) is 18.7 Å². The fourth-order valence-electron chi connectivity index (χ4n) is 1.92. The van der Waals surface area contributed by atoms with Crippen molar-refractivity contribution < 1.29 is 14.4 Å². The molecule has 1 rings (SSSR count). The van der Waals surface area contributed by atoms with Crippen LogP contribution in [0.3, 0.4) is 0 Å². The monoisotopic (exact) mass is 305 g/mol. The first-order chi connectivity index (χ1) is 10.4. The fourth-order valence-corrected chi connectivity index (χ4v) is 1.92. The average Bonchev–Trinajstić information content (AvgIpc) is 2.45. The van der Waals surface area contributed by atoms with Crippen LogP contribution < -0.4 is 15.5 Å². The maximum absolute atomic E-state index is 11.9. The van der Waals surface area contributed by atoms with Crippen molar-refractivity contribution >= 4 is 29.1 Å². The molecule has 1 aromatic rings. The number of carbonyl (C=O) groups is 3. The number of anilines is 2. The third-order valence-electron chi connectivity index (χ3n) is 3.03. The second kappa shape index (κ2) is 8.81. The van der Waals surface area contributed by atoms with Crippen LogP contribution in [0.25, 0.3) is 0 Å². The van der Waals surface area contributed by atoms with Gasteiger partial charge in [0.05, 0.1) is 0 Å². The van der Waals surface area contributed by atoms with Crippen LogP contribution in [0, 0.1) is 0 Å². The summed E-state index contributed by atoms with van der Waals surface area (Å²) in [4.78, 5) is 36.0. The van der Waals surface area contributed by atoms with Crippen LogP contribution in [0.15, 0.2) is 24.3 Å². The molecule has 3 amide bonds. The van der Waals surface area contributed by atoms with Crippen LogP contribution >= 0.6 is 0 Å². The van der Waals surface area contributed by atoms with Crippen molar-refractivity contribution in [1.29, 1.82) is 0 Å². The third-order valence-corrected chi connectivity index (χ3v) is 3.03. The van der Waals surface area contributed by atoms with Crippen molar-refractivity contribution in [2.75, 3.05) is 23.3 Å². The zero-order valence-electron chi connectivity index (χ0n) is 13.3. The normalized spacial score (nSPS) is 9.95. The fraction of sp³-hybridized carbons (Fsp3) is 0.438. The van der Waals surface area contributed by atoms with Gasteiger partial charge in [-0.1, -0.05) is 13.3 Å². The molecule has 0 radical (unpaired) electrons. The highest BCUT2D eigenvalue weighted by Crippen LogP contribution is 2.18. The highest BCUT2D eigenvalue weighted by atomic mass is 16.2. The highest BCUT2D eigenvalue weighted by Gasteiger charge is 2.15. The van der Waals surface area contributed by atoms with E-state index in [0.717, 1.165) is 12.8 Å². The lowest BCUT2D eigenvalue weighted by Gasteiger charge is -2.21. The predicted octanol–water partition coefficient (Wildman–Crippen LogP) is 1.91. The van der Waals surface area contributed by atoms with E-state index >= 15 is 0 Å². The molecule has 120 valence electrons. The van der Waals surface area contributed by atoms with Gasteiger partial charge < -0.3 is 15.5 Å². The van der Waals surface area contributed by atoms with E-state index in [1.807, 2.05) is 6.92 Å². The van der Waals surface area contributed by atoms with Crippen LogP contribution in [0.2, 0.25) is 0 Å².